The molecule has 25 heavy (non-hydrogen) atoms. The molecule has 0 atom stereocenters. The van der Waals surface area contributed by atoms with Crippen molar-refractivity contribution in [2.24, 2.45) is 0 Å². The molecule has 0 saturated heterocycles. The van der Waals surface area contributed by atoms with Crippen molar-refractivity contribution in [2.75, 3.05) is 6.61 Å². The van der Waals surface area contributed by atoms with Crippen LogP contribution in [0.1, 0.15) is 27.7 Å². The minimum Gasteiger partial charge on any atom is -0.462 e. The largest absolute Gasteiger partial charge is 0.462 e. The van der Waals surface area contributed by atoms with E-state index in [0.717, 1.165) is 11.3 Å². The van der Waals surface area contributed by atoms with E-state index in [4.69, 9.17) is 27.9 Å². The number of carbonyl (C=O) groups excluding carboxylic acids is 1. The maximum atomic E-state index is 12.9. The molecule has 0 bridgehead atoms. The lowest BCUT2D eigenvalue weighted by Crippen LogP contribution is -2.21. The van der Waals surface area contributed by atoms with Crippen LogP contribution in [0.3, 0.4) is 0 Å². The molecule has 130 valence electrons. The van der Waals surface area contributed by atoms with Gasteiger partial charge >= 0.3 is 5.97 Å². The van der Waals surface area contributed by atoms with Crippen LogP contribution in [-0.2, 0) is 11.3 Å². The predicted molar refractivity (Wildman–Crippen MR) is 100 cm³/mol. The van der Waals surface area contributed by atoms with Crippen molar-refractivity contribution in [3.63, 3.8) is 0 Å². The summed E-state index contributed by atoms with van der Waals surface area (Å²) in [7, 11) is 0. The molecular weight excluding hydrogens is 383 g/mol. The summed E-state index contributed by atoms with van der Waals surface area (Å²) >= 11 is 13.5. The third-order valence-corrected chi connectivity index (χ3v) is 5.66. The highest BCUT2D eigenvalue weighted by Crippen LogP contribution is 2.28. The maximum absolute atomic E-state index is 12.9. The molecule has 2 aromatic heterocycles. The first-order valence-electron chi connectivity index (χ1n) is 7.52. The summed E-state index contributed by atoms with van der Waals surface area (Å²) in [6.07, 6.45) is 1.44. The van der Waals surface area contributed by atoms with Crippen LogP contribution in [0.25, 0.3) is 10.2 Å². The van der Waals surface area contributed by atoms with Crippen molar-refractivity contribution in [3.05, 3.63) is 60.9 Å². The van der Waals surface area contributed by atoms with Crippen molar-refractivity contribution in [2.45, 2.75) is 20.4 Å². The van der Waals surface area contributed by atoms with Gasteiger partial charge in [-0.1, -0.05) is 29.3 Å². The molecule has 0 saturated carbocycles. The normalized spacial score (nSPS) is 11.0. The molecule has 0 N–H and O–H groups in total. The number of hydrogen-bond donors (Lipinski definition) is 0. The lowest BCUT2D eigenvalue weighted by molar-refractivity contribution is 0.0531. The Kier molecular flexibility index (Phi) is 5.13. The van der Waals surface area contributed by atoms with Gasteiger partial charge in [-0.3, -0.25) is 9.36 Å². The number of carbonyl (C=O) groups is 1. The van der Waals surface area contributed by atoms with Gasteiger partial charge in [-0.05, 0) is 31.5 Å². The van der Waals surface area contributed by atoms with Gasteiger partial charge in [0.05, 0.1) is 24.9 Å². The molecule has 0 aliphatic heterocycles. The number of halogens is 2. The van der Waals surface area contributed by atoms with Gasteiger partial charge in [0.25, 0.3) is 5.56 Å². The number of aromatic nitrogens is 2. The predicted octanol–water partition coefficient (Wildman–Crippen LogP) is 4.30. The van der Waals surface area contributed by atoms with Crippen molar-refractivity contribution < 1.29 is 9.53 Å². The summed E-state index contributed by atoms with van der Waals surface area (Å²) in [5.74, 6) is -0.442. The number of ether oxygens (including phenoxy) is 1. The molecule has 0 fully saturated rings. The molecule has 3 aromatic rings. The van der Waals surface area contributed by atoms with E-state index in [1.165, 1.54) is 10.9 Å². The van der Waals surface area contributed by atoms with Crippen LogP contribution in [0.2, 0.25) is 10.0 Å². The third-order valence-electron chi connectivity index (χ3n) is 3.77. The van der Waals surface area contributed by atoms with Crippen LogP contribution in [-0.4, -0.2) is 22.1 Å². The summed E-state index contributed by atoms with van der Waals surface area (Å²) in [6.45, 7) is 3.93. The fourth-order valence-corrected chi connectivity index (χ4v) is 4.07. The first kappa shape index (κ1) is 17.9. The fourth-order valence-electron chi connectivity index (χ4n) is 2.52. The van der Waals surface area contributed by atoms with E-state index in [0.29, 0.717) is 36.3 Å². The van der Waals surface area contributed by atoms with Gasteiger partial charge in [-0.25, -0.2) is 9.78 Å². The van der Waals surface area contributed by atoms with E-state index in [2.05, 4.69) is 4.98 Å². The second-order valence-corrected chi connectivity index (χ2v) is 7.15. The second kappa shape index (κ2) is 7.15. The molecule has 5 nitrogen and oxygen atoms in total. The van der Waals surface area contributed by atoms with E-state index in [-0.39, 0.29) is 18.7 Å². The molecule has 2 heterocycles. The molecule has 0 aliphatic rings. The summed E-state index contributed by atoms with van der Waals surface area (Å²) in [5, 5.41) is 1.38. The smallest absolute Gasteiger partial charge is 0.348 e. The van der Waals surface area contributed by atoms with E-state index in [1.54, 1.807) is 32.0 Å². The summed E-state index contributed by atoms with van der Waals surface area (Å²) < 4.78 is 6.47. The Morgan fingerprint density at radius 1 is 1.32 bits per heavy atom. The number of nitrogens with zero attached hydrogens (tertiary/aromatic N) is 2. The quantitative estimate of drug-likeness (QED) is 0.616. The Balaban J connectivity index is 2.10. The number of rotatable bonds is 4. The average Bonchev–Trinajstić information content (AvgIpc) is 2.91. The zero-order chi connectivity index (χ0) is 18.1. The number of benzene rings is 1. The van der Waals surface area contributed by atoms with Gasteiger partial charge < -0.3 is 4.74 Å². The maximum Gasteiger partial charge on any atom is 0.348 e. The number of esters is 1. The van der Waals surface area contributed by atoms with Gasteiger partial charge in [0.1, 0.15) is 9.71 Å². The van der Waals surface area contributed by atoms with E-state index < -0.39 is 5.97 Å². The first-order valence-corrected chi connectivity index (χ1v) is 9.09. The average molecular weight is 397 g/mol. The molecule has 0 unspecified atom stereocenters. The number of thiophene rings is 1. The minimum absolute atomic E-state index is 0.199. The molecule has 0 radical (unpaired) electrons. The zero-order valence-corrected chi connectivity index (χ0v) is 15.8. The number of fused-ring (bicyclic) bond motifs is 1. The lowest BCUT2D eigenvalue weighted by Gasteiger charge is -2.09. The van der Waals surface area contributed by atoms with Gasteiger partial charge in [-0.2, -0.15) is 0 Å². The van der Waals surface area contributed by atoms with E-state index in [1.807, 2.05) is 0 Å². The van der Waals surface area contributed by atoms with Crippen LogP contribution in [0.15, 0.2) is 29.3 Å². The van der Waals surface area contributed by atoms with Gasteiger partial charge in [0, 0.05) is 15.6 Å². The third kappa shape index (κ3) is 3.29. The Morgan fingerprint density at radius 2 is 2.00 bits per heavy atom. The lowest BCUT2D eigenvalue weighted by atomic mass is 10.2. The Hall–Kier alpha value is -1.89. The Bertz CT molecular complexity index is 1010. The van der Waals surface area contributed by atoms with Gasteiger partial charge in [0.2, 0.25) is 0 Å². The molecule has 8 heteroatoms. The van der Waals surface area contributed by atoms with Crippen LogP contribution >= 0.6 is 34.5 Å². The minimum atomic E-state index is -0.442. The molecular formula is C17H14Cl2N2O3S. The molecule has 0 aliphatic carbocycles. The SMILES string of the molecule is CCOC(=O)c1sc2ncn(Cc3c(Cl)cccc3Cl)c(=O)c2c1C. The highest BCUT2D eigenvalue weighted by molar-refractivity contribution is 7.20. The monoisotopic (exact) mass is 396 g/mol. The van der Waals surface area contributed by atoms with Crippen LogP contribution in [0.4, 0.5) is 0 Å². The van der Waals surface area contributed by atoms with Crippen LogP contribution in [0.5, 0.6) is 0 Å². The topological polar surface area (TPSA) is 61.2 Å². The van der Waals surface area contributed by atoms with E-state index >= 15 is 0 Å². The Morgan fingerprint density at radius 3 is 2.64 bits per heavy atom. The second-order valence-electron chi connectivity index (χ2n) is 5.33. The van der Waals surface area contributed by atoms with Crippen molar-refractivity contribution in [1.29, 1.82) is 0 Å². The fraction of sp³-hybridized carbons (Fsp3) is 0.235. The first-order chi connectivity index (χ1) is 11.9. The standard InChI is InChI=1S/C17H14Cl2N2O3S/c1-3-24-17(23)14-9(2)13-15(25-14)20-8-21(16(13)22)7-10-11(18)5-4-6-12(10)19/h4-6,8H,3,7H2,1-2H3. The van der Waals surface area contributed by atoms with Crippen LogP contribution in [0, 0.1) is 6.92 Å². The summed E-state index contributed by atoms with van der Waals surface area (Å²) in [5.41, 5.74) is 0.980. The molecule has 0 amide bonds. The summed E-state index contributed by atoms with van der Waals surface area (Å²) in [6, 6.07) is 5.18. The van der Waals surface area contributed by atoms with Gasteiger partial charge in [0.15, 0.2) is 0 Å². The Labute approximate surface area is 157 Å². The highest BCUT2D eigenvalue weighted by Gasteiger charge is 2.20. The van der Waals surface area contributed by atoms with Gasteiger partial charge in [-0.15, -0.1) is 11.3 Å². The molecule has 1 aromatic carbocycles. The highest BCUT2D eigenvalue weighted by atomic mass is 35.5. The van der Waals surface area contributed by atoms with Crippen molar-refractivity contribution in [1.82, 2.24) is 9.55 Å². The van der Waals surface area contributed by atoms with E-state index in [9.17, 15) is 9.59 Å². The number of aryl methyl sites for hydroxylation is 1. The zero-order valence-electron chi connectivity index (χ0n) is 13.5. The summed E-state index contributed by atoms with van der Waals surface area (Å²) in [4.78, 5) is 30.1. The van der Waals surface area contributed by atoms with Crippen LogP contribution < -0.4 is 5.56 Å². The number of hydrogen-bond acceptors (Lipinski definition) is 5. The molecule has 3 rings (SSSR count). The van der Waals surface area contributed by atoms with Crippen molar-refractivity contribution in [3.8, 4) is 0 Å². The van der Waals surface area contributed by atoms with Crippen molar-refractivity contribution >= 4 is 50.7 Å². The molecule has 0 spiro atoms.